The van der Waals surface area contributed by atoms with Crippen molar-refractivity contribution in [2.75, 3.05) is 5.32 Å². The maximum Gasteiger partial charge on any atom is 1.00 e. The van der Waals surface area contributed by atoms with E-state index in [1.807, 2.05) is 30.3 Å². The molecule has 0 unspecified atom stereocenters. The van der Waals surface area contributed by atoms with E-state index in [1.54, 1.807) is 12.1 Å². The molecule has 0 amide bonds. The smallest absolute Gasteiger partial charge is 0.506 e. The number of benzene rings is 7. The van der Waals surface area contributed by atoms with E-state index in [1.165, 1.54) is 42.5 Å². The Bertz CT molecular complexity index is 3300. The van der Waals surface area contributed by atoms with E-state index < -0.39 is 79.4 Å². The first-order valence-electron chi connectivity index (χ1n) is 16.6. The van der Waals surface area contributed by atoms with Crippen molar-refractivity contribution in [2.45, 2.75) is 14.7 Å². The van der Waals surface area contributed by atoms with Gasteiger partial charge in [-0.2, -0.15) is 25.3 Å². The first-order valence-corrected chi connectivity index (χ1v) is 20.9. The van der Waals surface area contributed by atoms with Gasteiger partial charge in [-0.3, -0.25) is 13.7 Å². The monoisotopic (exact) mass is 1050 g/mol. The van der Waals surface area contributed by atoms with Crippen LogP contribution in [0.3, 0.4) is 0 Å². The van der Waals surface area contributed by atoms with Crippen LogP contribution >= 0.6 is 0 Å². The molecule has 0 saturated heterocycles. The number of fused-ring (bicyclic) bond motifs is 2. The third-order valence-corrected chi connectivity index (χ3v) is 11.4. The number of phenols is 4. The number of anilines is 2. The third-order valence-electron chi connectivity index (χ3n) is 8.79. The standard InChI is InChI=1S/C38H27N5O13S3.2Cu.3Na/c44-31-16-20(6-12-29(31)40-42-35-33(58(51,52)53)18-22-14-25(8-10-27(22)37(35)46)39-24-4-2-1-3-5-24)21-7-13-30(32(45)17-21)41-43-36-34(59(54,55)56)19-23-15-26(57(48,49)50)9-11-28(23)38(36)47;;;;;/h1-19,39,44-47H,(H,48,49,50)(H,51,52,53)(H,54,55,56);;;;;/q;;;3*+1. The Labute approximate surface area is 452 Å². The zero-order valence-electron chi connectivity index (χ0n) is 33.2. The molecule has 0 bridgehead atoms. The largest absolute Gasteiger partial charge is 1.00 e. The molecule has 0 aliphatic heterocycles. The van der Waals surface area contributed by atoms with Crippen molar-refractivity contribution in [2.24, 2.45) is 20.5 Å². The van der Waals surface area contributed by atoms with Crippen molar-refractivity contribution < 1.29 is 182 Å². The topological polar surface area (TPSA) is 306 Å². The maximum atomic E-state index is 12.4. The minimum absolute atomic E-state index is 0. The number of hydrogen-bond acceptors (Lipinski definition) is 15. The van der Waals surface area contributed by atoms with Crippen molar-refractivity contribution in [3.05, 3.63) is 115 Å². The molecule has 26 heteroatoms. The van der Waals surface area contributed by atoms with E-state index in [2.05, 4.69) is 25.8 Å². The second-order valence-corrected chi connectivity index (χ2v) is 16.9. The van der Waals surface area contributed by atoms with Crippen LogP contribution in [-0.2, 0) is 64.5 Å². The van der Waals surface area contributed by atoms with Crippen molar-refractivity contribution >= 4 is 86.0 Å². The first-order chi connectivity index (χ1) is 27.8. The minimum Gasteiger partial charge on any atom is -0.506 e. The van der Waals surface area contributed by atoms with Crippen molar-refractivity contribution in [1.29, 1.82) is 0 Å². The third kappa shape index (κ3) is 12.7. The van der Waals surface area contributed by atoms with E-state index in [4.69, 9.17) is 0 Å². The molecule has 0 fully saturated rings. The van der Waals surface area contributed by atoms with Crippen molar-refractivity contribution in [1.82, 2.24) is 0 Å². The number of azo groups is 2. The molecule has 8 N–H and O–H groups in total. The van der Waals surface area contributed by atoms with Crippen LogP contribution in [0.1, 0.15) is 0 Å². The van der Waals surface area contributed by atoms with Crippen molar-refractivity contribution in [3.8, 4) is 34.1 Å². The Balaban J connectivity index is 0.00000282. The average Bonchev–Trinajstić information content (AvgIpc) is 3.17. The predicted octanol–water partition coefficient (Wildman–Crippen LogP) is -0.196. The molecule has 322 valence electrons. The summed E-state index contributed by atoms with van der Waals surface area (Å²) in [5.41, 5.74) is 0.196. The fourth-order valence-electron chi connectivity index (χ4n) is 5.98. The molecule has 2 radical (unpaired) electrons. The molecule has 0 aromatic heterocycles. The normalized spacial score (nSPS) is 11.5. The van der Waals surface area contributed by atoms with Gasteiger partial charge in [0.1, 0.15) is 44.0 Å². The van der Waals surface area contributed by atoms with Crippen LogP contribution in [-0.4, -0.2) is 59.3 Å². The molecule has 18 nitrogen and oxygen atoms in total. The Morgan fingerprint density at radius 3 is 1.30 bits per heavy atom. The second-order valence-electron chi connectivity index (χ2n) is 12.7. The Morgan fingerprint density at radius 1 is 0.438 bits per heavy atom. The summed E-state index contributed by atoms with van der Waals surface area (Å²) in [7, 11) is -14.7. The molecule has 7 rings (SSSR count). The van der Waals surface area contributed by atoms with Gasteiger partial charge in [-0.25, -0.2) is 0 Å². The van der Waals surface area contributed by atoms with Gasteiger partial charge in [-0.1, -0.05) is 30.3 Å². The average molecular weight is 1050 g/mol. The Kier molecular flexibility index (Phi) is 20.3. The summed E-state index contributed by atoms with van der Waals surface area (Å²) in [6, 6.07) is 26.5. The molecule has 64 heavy (non-hydrogen) atoms. The molecule has 0 aliphatic carbocycles. The summed E-state index contributed by atoms with van der Waals surface area (Å²) in [5, 5.41) is 62.1. The number of nitrogens with one attached hydrogen (secondary N) is 1. The SMILES string of the molecule is O=S(=O)(O)c1ccc2c(O)c(N=Nc3ccc(-c4ccc(N=Nc5c(S(=O)(=O)O)cc6cc(Nc7ccccc7)ccc6c5O)c(O)c4)cc3O)c(S(=O)(=O)O)cc2c1.[Cu].[Cu].[Na+].[Na+].[Na+]. The van der Waals surface area contributed by atoms with Gasteiger partial charge in [0.05, 0.1) is 4.90 Å². The fourth-order valence-corrected chi connectivity index (χ4v) is 7.81. The van der Waals surface area contributed by atoms with Crippen LogP contribution in [0.2, 0.25) is 0 Å². The Morgan fingerprint density at radius 2 is 0.875 bits per heavy atom. The van der Waals surface area contributed by atoms with Crippen LogP contribution in [0.4, 0.5) is 34.1 Å². The van der Waals surface area contributed by atoms with Gasteiger partial charge in [0.15, 0.2) is 11.5 Å². The van der Waals surface area contributed by atoms with Gasteiger partial charge in [-0.05, 0) is 107 Å². The summed E-state index contributed by atoms with van der Waals surface area (Å²) in [5.74, 6) is -2.39. The molecule has 0 saturated carbocycles. The number of nitrogens with zero attached hydrogens (tertiary/aromatic N) is 4. The number of phenolic OH excluding ortho intramolecular Hbond substituents is 4. The van der Waals surface area contributed by atoms with Gasteiger partial charge < -0.3 is 25.7 Å². The number of hydrogen-bond donors (Lipinski definition) is 8. The summed E-state index contributed by atoms with van der Waals surface area (Å²) >= 11 is 0. The molecule has 0 atom stereocenters. The zero-order valence-corrected chi connectivity index (χ0v) is 43.5. The van der Waals surface area contributed by atoms with E-state index in [0.29, 0.717) is 16.8 Å². The number of para-hydroxylation sites is 1. The van der Waals surface area contributed by atoms with Crippen LogP contribution in [0.5, 0.6) is 23.0 Å². The maximum absolute atomic E-state index is 12.4. The molecule has 7 aromatic rings. The summed E-state index contributed by atoms with van der Waals surface area (Å²) in [6.45, 7) is 0. The fraction of sp³-hybridized carbons (Fsp3) is 0. The number of rotatable bonds is 10. The number of aromatic hydroxyl groups is 4. The summed E-state index contributed by atoms with van der Waals surface area (Å²) in [6.07, 6.45) is 0. The second kappa shape index (κ2) is 22.7. The molecule has 0 heterocycles. The zero-order chi connectivity index (χ0) is 42.4. The Hall–Kier alpha value is -2.97. The van der Waals surface area contributed by atoms with Gasteiger partial charge >= 0.3 is 88.7 Å². The molecule has 0 aliphatic rings. The van der Waals surface area contributed by atoms with E-state index >= 15 is 0 Å². The van der Waals surface area contributed by atoms with E-state index in [9.17, 15) is 59.3 Å². The van der Waals surface area contributed by atoms with Crippen LogP contribution in [0, 0.1) is 0 Å². The van der Waals surface area contributed by atoms with Gasteiger partial charge in [0.25, 0.3) is 30.4 Å². The van der Waals surface area contributed by atoms with Crippen LogP contribution in [0.25, 0.3) is 32.7 Å². The van der Waals surface area contributed by atoms with Gasteiger partial charge in [0.2, 0.25) is 0 Å². The van der Waals surface area contributed by atoms with E-state index in [-0.39, 0.29) is 156 Å². The van der Waals surface area contributed by atoms with Crippen LogP contribution < -0.4 is 94.0 Å². The van der Waals surface area contributed by atoms with Gasteiger partial charge in [-0.15, -0.1) is 20.5 Å². The summed E-state index contributed by atoms with van der Waals surface area (Å²) < 4.78 is 102. The van der Waals surface area contributed by atoms with Crippen LogP contribution in [0.15, 0.2) is 150 Å². The minimum atomic E-state index is -5.09. The predicted molar refractivity (Wildman–Crippen MR) is 214 cm³/mol. The van der Waals surface area contributed by atoms with Gasteiger partial charge in [0, 0.05) is 56.3 Å². The van der Waals surface area contributed by atoms with E-state index in [0.717, 1.165) is 36.0 Å². The molecular formula is C38H27Cu2N5Na3O13S3+3. The quantitative estimate of drug-likeness (QED) is 0.0501. The molecular weight excluding hydrogens is 1030 g/mol. The molecule has 0 spiro atoms. The summed E-state index contributed by atoms with van der Waals surface area (Å²) in [4.78, 5) is -2.32. The van der Waals surface area contributed by atoms with Crippen molar-refractivity contribution in [3.63, 3.8) is 0 Å². The first kappa shape index (κ1) is 57.2. The molecule has 7 aromatic carbocycles.